The first-order chi connectivity index (χ1) is 26.4. The van der Waals surface area contributed by atoms with Gasteiger partial charge in [0.25, 0.3) is 0 Å². The Kier molecular flexibility index (Phi) is 14.4. The first kappa shape index (κ1) is 42.1. The zero-order valence-corrected chi connectivity index (χ0v) is 34.7. The Hall–Kier alpha value is -2.50. The number of hydrogen-bond donors (Lipinski definition) is 5. The summed E-state index contributed by atoms with van der Waals surface area (Å²) in [5, 5.41) is 21.6. The van der Waals surface area contributed by atoms with Crippen LogP contribution in [0.4, 0.5) is 4.79 Å². The van der Waals surface area contributed by atoms with Gasteiger partial charge < -0.3 is 31.1 Å². The highest BCUT2D eigenvalue weighted by Gasteiger charge is 2.60. The summed E-state index contributed by atoms with van der Waals surface area (Å²) in [5.74, 6) is 4.01. The van der Waals surface area contributed by atoms with Gasteiger partial charge in [0.2, 0.25) is 11.8 Å². The summed E-state index contributed by atoms with van der Waals surface area (Å²) in [4.78, 5) is 60.2. The average molecular weight is 787 g/mol. The summed E-state index contributed by atoms with van der Waals surface area (Å²) in [6.45, 7) is 8.28. The van der Waals surface area contributed by atoms with Crippen LogP contribution >= 0.6 is 11.8 Å². The number of carbonyl (C=O) groups excluding carboxylic acids is 4. The minimum absolute atomic E-state index is 0.0303. The number of aliphatic carboxylic acids is 1. The zero-order chi connectivity index (χ0) is 39.2. The minimum Gasteiger partial charge on any atom is -0.481 e. The van der Waals surface area contributed by atoms with Crippen molar-refractivity contribution in [1.29, 1.82) is 0 Å². The van der Waals surface area contributed by atoms with E-state index >= 15 is 0 Å². The molecule has 310 valence electrons. The number of carboxylic acids is 1. The third-order valence-electron chi connectivity index (χ3n) is 15.6. The third-order valence-corrected chi connectivity index (χ3v) is 17.1. The Morgan fingerprint density at radius 1 is 0.836 bits per heavy atom. The highest BCUT2D eigenvalue weighted by atomic mass is 32.2. The normalized spacial score (nSPS) is 36.6. The Morgan fingerprint density at radius 3 is 2.35 bits per heavy atom. The van der Waals surface area contributed by atoms with Crippen LogP contribution < -0.4 is 21.3 Å². The van der Waals surface area contributed by atoms with Crippen molar-refractivity contribution in [1.82, 2.24) is 21.3 Å². The van der Waals surface area contributed by atoms with Crippen LogP contribution in [0.2, 0.25) is 0 Å². The quantitative estimate of drug-likeness (QED) is 0.0533. The summed E-state index contributed by atoms with van der Waals surface area (Å²) in [5.41, 5.74) is 0.634. The molecule has 0 spiro atoms. The molecule has 2 saturated heterocycles. The second kappa shape index (κ2) is 18.8. The Balaban J connectivity index is 0.793. The molecule has 4 amide bonds. The van der Waals surface area contributed by atoms with Gasteiger partial charge in [-0.15, -0.1) is 0 Å². The van der Waals surface area contributed by atoms with Gasteiger partial charge in [0.05, 0.1) is 18.5 Å². The van der Waals surface area contributed by atoms with E-state index in [1.165, 1.54) is 38.5 Å². The lowest BCUT2D eigenvalue weighted by Crippen LogP contribution is -2.54. The Labute approximate surface area is 333 Å². The highest BCUT2D eigenvalue weighted by Crippen LogP contribution is 2.68. The van der Waals surface area contributed by atoms with Crippen LogP contribution in [0.15, 0.2) is 0 Å². The van der Waals surface area contributed by atoms with Gasteiger partial charge in [-0.1, -0.05) is 33.6 Å². The van der Waals surface area contributed by atoms with Crippen molar-refractivity contribution in [2.45, 2.75) is 173 Å². The second-order valence-electron chi connectivity index (χ2n) is 18.8. The molecule has 6 fully saturated rings. The van der Waals surface area contributed by atoms with Gasteiger partial charge in [-0.2, -0.15) is 11.8 Å². The number of ether oxygens (including phenoxy) is 1. The molecule has 0 bridgehead atoms. The minimum atomic E-state index is -0.676. The fourth-order valence-corrected chi connectivity index (χ4v) is 14.2. The molecule has 0 aromatic carbocycles. The molecule has 55 heavy (non-hydrogen) atoms. The van der Waals surface area contributed by atoms with Crippen molar-refractivity contribution in [3.8, 4) is 0 Å². The van der Waals surface area contributed by atoms with E-state index in [9.17, 15) is 29.1 Å². The molecule has 2 aliphatic heterocycles. The molecular formula is C43H70N4O7S. The standard InChI is InChI=1S/C43H70N4O7S/c1-27(12-17-38(50)51)31-15-16-32-30-14-13-28-25-29(18-21-42(28,2)33(30)19-22-43(31,32)3)54-39(52)20-24-45-37(49)10-5-4-8-23-44-36(48)11-7-6-9-35-40-34(26-55-35)46-41(53)47-40/h27-35,40H,4-26H2,1-3H3,(H,44,48)(H,45,49)(H,50,51)(H2,46,47,53)/t27-,28?,29+,30+,31-,32+,33+,34?,35?,40?,42+,43-/m1/s1. The molecule has 4 unspecified atom stereocenters. The fourth-order valence-electron chi connectivity index (χ4n) is 12.7. The number of amides is 4. The Morgan fingerprint density at radius 2 is 1.56 bits per heavy atom. The van der Waals surface area contributed by atoms with Crippen molar-refractivity contribution in [3.05, 3.63) is 0 Å². The lowest BCUT2D eigenvalue weighted by atomic mass is 9.44. The average Bonchev–Trinajstić information content (AvgIpc) is 3.82. The number of carboxylic acid groups (broad SMARTS) is 1. The van der Waals surface area contributed by atoms with Crippen LogP contribution in [0.1, 0.15) is 149 Å². The molecule has 11 nitrogen and oxygen atoms in total. The van der Waals surface area contributed by atoms with Gasteiger partial charge in [-0.05, 0) is 136 Å². The third kappa shape index (κ3) is 10.2. The first-order valence-electron chi connectivity index (χ1n) is 22.0. The molecule has 5 N–H and O–H groups in total. The maximum absolute atomic E-state index is 12.8. The number of urea groups is 1. The second-order valence-corrected chi connectivity index (χ2v) is 20.1. The lowest BCUT2D eigenvalue weighted by Gasteiger charge is -2.61. The largest absolute Gasteiger partial charge is 0.481 e. The number of esters is 1. The summed E-state index contributed by atoms with van der Waals surface area (Å²) in [7, 11) is 0. The summed E-state index contributed by atoms with van der Waals surface area (Å²) >= 11 is 1.90. The maximum Gasteiger partial charge on any atom is 0.315 e. The number of thioether (sulfide) groups is 1. The van der Waals surface area contributed by atoms with Crippen LogP contribution in [-0.2, 0) is 23.9 Å². The number of carbonyl (C=O) groups is 5. The lowest BCUT2D eigenvalue weighted by molar-refractivity contribution is -0.162. The van der Waals surface area contributed by atoms with E-state index in [1.807, 2.05) is 11.8 Å². The summed E-state index contributed by atoms with van der Waals surface area (Å²) in [6, 6.07) is 0.391. The van der Waals surface area contributed by atoms with Crippen LogP contribution in [0.25, 0.3) is 0 Å². The van der Waals surface area contributed by atoms with Crippen molar-refractivity contribution < 1.29 is 33.8 Å². The van der Waals surface area contributed by atoms with Gasteiger partial charge in [-0.25, -0.2) is 4.79 Å². The van der Waals surface area contributed by atoms with E-state index in [1.54, 1.807) is 0 Å². The molecule has 0 aromatic heterocycles. The number of fused-ring (bicyclic) bond motifs is 6. The zero-order valence-electron chi connectivity index (χ0n) is 33.8. The van der Waals surface area contributed by atoms with Gasteiger partial charge in [-0.3, -0.25) is 19.2 Å². The smallest absolute Gasteiger partial charge is 0.315 e. The van der Waals surface area contributed by atoms with Crippen LogP contribution in [0.5, 0.6) is 0 Å². The molecule has 2 heterocycles. The first-order valence-corrected chi connectivity index (χ1v) is 23.1. The van der Waals surface area contributed by atoms with Crippen LogP contribution in [0.3, 0.4) is 0 Å². The van der Waals surface area contributed by atoms with E-state index in [0.717, 1.165) is 87.7 Å². The van der Waals surface area contributed by atoms with E-state index in [4.69, 9.17) is 4.74 Å². The summed E-state index contributed by atoms with van der Waals surface area (Å²) in [6.07, 6.45) is 18.0. The molecule has 6 rings (SSSR count). The van der Waals surface area contributed by atoms with Crippen molar-refractivity contribution in [2.24, 2.45) is 46.3 Å². The predicted molar refractivity (Wildman–Crippen MR) is 214 cm³/mol. The van der Waals surface area contributed by atoms with Crippen LogP contribution in [-0.4, -0.2) is 77.2 Å². The molecule has 0 aromatic rings. The van der Waals surface area contributed by atoms with E-state index < -0.39 is 5.97 Å². The molecule has 12 atom stereocenters. The van der Waals surface area contributed by atoms with E-state index in [0.29, 0.717) is 59.8 Å². The van der Waals surface area contributed by atoms with E-state index in [-0.39, 0.29) is 54.8 Å². The summed E-state index contributed by atoms with van der Waals surface area (Å²) < 4.78 is 6.00. The molecule has 4 aliphatic carbocycles. The molecule has 12 heteroatoms. The van der Waals surface area contributed by atoms with Crippen molar-refractivity contribution in [2.75, 3.05) is 18.8 Å². The number of hydrogen-bond acceptors (Lipinski definition) is 7. The Bertz CT molecular complexity index is 1380. The molecule has 6 aliphatic rings. The highest BCUT2D eigenvalue weighted by molar-refractivity contribution is 8.00. The van der Waals surface area contributed by atoms with Crippen molar-refractivity contribution >= 4 is 41.5 Å². The topological polar surface area (TPSA) is 163 Å². The fraction of sp³-hybridized carbons (Fsp3) is 0.884. The van der Waals surface area contributed by atoms with Gasteiger partial charge in [0.1, 0.15) is 6.10 Å². The van der Waals surface area contributed by atoms with Gasteiger partial charge in [0, 0.05) is 43.4 Å². The maximum atomic E-state index is 12.8. The number of rotatable bonds is 19. The number of nitrogens with one attached hydrogen (secondary N) is 4. The van der Waals surface area contributed by atoms with E-state index in [2.05, 4.69) is 42.0 Å². The molecule has 0 radical (unpaired) electrons. The monoisotopic (exact) mass is 786 g/mol. The van der Waals surface area contributed by atoms with Gasteiger partial charge in [0.15, 0.2) is 0 Å². The predicted octanol–water partition coefficient (Wildman–Crippen LogP) is 6.97. The van der Waals surface area contributed by atoms with Crippen LogP contribution in [0, 0.1) is 46.3 Å². The molecule has 4 saturated carbocycles. The number of unbranched alkanes of at least 4 members (excludes halogenated alkanes) is 3. The SMILES string of the molecule is C[C@H](CCC(=O)O)[C@H]1CC[C@H]2[C@@H]3CCC4C[C@@H](OC(=O)CCNC(=O)CCCCCNC(=O)CCCCC5SCC6NC(=O)NC65)CC[C@]4(C)[C@H]3CC[C@]12C. The van der Waals surface area contributed by atoms with Gasteiger partial charge >= 0.3 is 18.0 Å². The molecular weight excluding hydrogens is 717 g/mol. The van der Waals surface area contributed by atoms with Crippen molar-refractivity contribution in [3.63, 3.8) is 0 Å².